The molecular formula is C11H13IN2O. The Morgan fingerprint density at radius 1 is 1.33 bits per heavy atom. The number of ether oxygens (including phenoxy) is 1. The summed E-state index contributed by atoms with van der Waals surface area (Å²) in [5.74, 6) is 0. The Morgan fingerprint density at radius 3 is 3.07 bits per heavy atom. The summed E-state index contributed by atoms with van der Waals surface area (Å²) in [5.41, 5.74) is 2.53. The SMILES string of the molecule is Ic1ccc2c(c1)NCC1(CCOC1)N2. The first-order valence-corrected chi connectivity index (χ1v) is 6.25. The number of benzene rings is 1. The van der Waals surface area contributed by atoms with Crippen molar-refractivity contribution in [1.82, 2.24) is 0 Å². The third-order valence-electron chi connectivity index (χ3n) is 3.10. The Hall–Kier alpha value is -0.490. The van der Waals surface area contributed by atoms with Crippen molar-refractivity contribution in [3.8, 4) is 0 Å². The van der Waals surface area contributed by atoms with Gasteiger partial charge in [-0.1, -0.05) is 0 Å². The van der Waals surface area contributed by atoms with E-state index >= 15 is 0 Å². The van der Waals surface area contributed by atoms with Gasteiger partial charge in [0.2, 0.25) is 0 Å². The quantitative estimate of drug-likeness (QED) is 0.721. The van der Waals surface area contributed by atoms with Crippen LogP contribution in [0.15, 0.2) is 18.2 Å². The number of rotatable bonds is 0. The van der Waals surface area contributed by atoms with Gasteiger partial charge in [-0.2, -0.15) is 0 Å². The van der Waals surface area contributed by atoms with Crippen molar-refractivity contribution >= 4 is 34.0 Å². The maximum atomic E-state index is 5.47. The fraction of sp³-hybridized carbons (Fsp3) is 0.455. The van der Waals surface area contributed by atoms with Crippen LogP contribution in [0.1, 0.15) is 6.42 Å². The lowest BCUT2D eigenvalue weighted by atomic mass is 9.95. The molecule has 2 heterocycles. The molecule has 0 aromatic heterocycles. The summed E-state index contributed by atoms with van der Waals surface area (Å²) in [5, 5.41) is 7.10. The summed E-state index contributed by atoms with van der Waals surface area (Å²) in [6.07, 6.45) is 1.09. The van der Waals surface area contributed by atoms with E-state index < -0.39 is 0 Å². The molecule has 80 valence electrons. The van der Waals surface area contributed by atoms with Crippen LogP contribution in [-0.4, -0.2) is 25.3 Å². The number of anilines is 2. The first-order valence-electron chi connectivity index (χ1n) is 5.17. The van der Waals surface area contributed by atoms with Crippen molar-refractivity contribution in [2.45, 2.75) is 12.0 Å². The van der Waals surface area contributed by atoms with E-state index in [1.807, 2.05) is 0 Å². The lowest BCUT2D eigenvalue weighted by Crippen LogP contribution is -2.48. The highest BCUT2D eigenvalue weighted by atomic mass is 127. The number of hydrogen-bond acceptors (Lipinski definition) is 3. The van der Waals surface area contributed by atoms with E-state index in [0.29, 0.717) is 0 Å². The van der Waals surface area contributed by atoms with E-state index in [0.717, 1.165) is 26.2 Å². The average molecular weight is 316 g/mol. The minimum Gasteiger partial charge on any atom is -0.381 e. The molecule has 2 N–H and O–H groups in total. The summed E-state index contributed by atoms with van der Waals surface area (Å²) >= 11 is 2.33. The largest absolute Gasteiger partial charge is 0.381 e. The smallest absolute Gasteiger partial charge is 0.0801 e. The van der Waals surface area contributed by atoms with Crippen LogP contribution in [0.5, 0.6) is 0 Å². The van der Waals surface area contributed by atoms with Crippen LogP contribution < -0.4 is 10.6 Å². The van der Waals surface area contributed by atoms with Crippen molar-refractivity contribution in [3.05, 3.63) is 21.8 Å². The molecule has 0 bridgehead atoms. The molecule has 0 amide bonds. The molecule has 1 saturated heterocycles. The van der Waals surface area contributed by atoms with Gasteiger partial charge in [0, 0.05) is 16.7 Å². The standard InChI is InChI=1S/C11H13IN2O/c12-8-1-2-9-10(5-8)13-6-11(14-9)3-4-15-7-11/h1-2,5,13-14H,3-4,6-7H2. The highest BCUT2D eigenvalue weighted by molar-refractivity contribution is 14.1. The molecule has 1 unspecified atom stereocenters. The predicted molar refractivity (Wildman–Crippen MR) is 69.4 cm³/mol. The highest BCUT2D eigenvalue weighted by Crippen LogP contribution is 2.34. The Labute approximate surface area is 103 Å². The second-order valence-electron chi connectivity index (χ2n) is 4.25. The zero-order chi connectivity index (χ0) is 10.3. The van der Waals surface area contributed by atoms with E-state index in [1.54, 1.807) is 0 Å². The summed E-state index contributed by atoms with van der Waals surface area (Å²) in [6, 6.07) is 6.44. The fourth-order valence-corrected chi connectivity index (χ4v) is 2.70. The van der Waals surface area contributed by atoms with Gasteiger partial charge in [-0.25, -0.2) is 0 Å². The maximum Gasteiger partial charge on any atom is 0.0801 e. The van der Waals surface area contributed by atoms with Crippen LogP contribution in [0.2, 0.25) is 0 Å². The molecule has 15 heavy (non-hydrogen) atoms. The molecule has 1 atom stereocenters. The van der Waals surface area contributed by atoms with Gasteiger partial charge in [0.1, 0.15) is 0 Å². The second kappa shape index (κ2) is 3.52. The minimum atomic E-state index is 0.125. The average Bonchev–Trinajstić information content (AvgIpc) is 2.67. The first kappa shape index (κ1) is 9.72. The van der Waals surface area contributed by atoms with E-state index in [4.69, 9.17) is 4.74 Å². The molecule has 1 aromatic rings. The Morgan fingerprint density at radius 2 is 2.27 bits per heavy atom. The van der Waals surface area contributed by atoms with Crippen LogP contribution >= 0.6 is 22.6 Å². The van der Waals surface area contributed by atoms with Crippen LogP contribution in [0.4, 0.5) is 11.4 Å². The van der Waals surface area contributed by atoms with Gasteiger partial charge in [-0.05, 0) is 47.2 Å². The molecule has 2 aliphatic heterocycles. The molecule has 3 nitrogen and oxygen atoms in total. The lowest BCUT2D eigenvalue weighted by Gasteiger charge is -2.36. The molecule has 2 aliphatic rings. The Kier molecular flexibility index (Phi) is 2.28. The summed E-state index contributed by atoms with van der Waals surface area (Å²) < 4.78 is 6.74. The fourth-order valence-electron chi connectivity index (χ4n) is 2.21. The molecule has 0 aliphatic carbocycles. The van der Waals surface area contributed by atoms with E-state index in [2.05, 4.69) is 51.4 Å². The monoisotopic (exact) mass is 316 g/mol. The van der Waals surface area contributed by atoms with E-state index in [1.165, 1.54) is 14.9 Å². The summed E-state index contributed by atoms with van der Waals surface area (Å²) in [7, 11) is 0. The van der Waals surface area contributed by atoms with E-state index in [-0.39, 0.29) is 5.54 Å². The first-order chi connectivity index (χ1) is 7.27. The normalized spacial score (nSPS) is 28.3. The van der Waals surface area contributed by atoms with Gasteiger partial charge in [-0.15, -0.1) is 0 Å². The third kappa shape index (κ3) is 1.69. The van der Waals surface area contributed by atoms with Crippen LogP contribution in [-0.2, 0) is 4.74 Å². The minimum absolute atomic E-state index is 0.125. The van der Waals surface area contributed by atoms with Crippen LogP contribution in [0, 0.1) is 3.57 Å². The van der Waals surface area contributed by atoms with Crippen LogP contribution in [0.3, 0.4) is 0 Å². The molecule has 1 spiro atoms. The van der Waals surface area contributed by atoms with Crippen molar-refractivity contribution < 1.29 is 4.74 Å². The topological polar surface area (TPSA) is 33.3 Å². The molecule has 0 radical (unpaired) electrons. The summed E-state index contributed by atoms with van der Waals surface area (Å²) in [6.45, 7) is 2.64. The summed E-state index contributed by atoms with van der Waals surface area (Å²) in [4.78, 5) is 0. The third-order valence-corrected chi connectivity index (χ3v) is 3.77. The van der Waals surface area contributed by atoms with Crippen molar-refractivity contribution in [3.63, 3.8) is 0 Å². The molecule has 1 fully saturated rings. The number of halogens is 1. The zero-order valence-electron chi connectivity index (χ0n) is 8.35. The Bertz CT molecular complexity index is 388. The zero-order valence-corrected chi connectivity index (χ0v) is 10.5. The second-order valence-corrected chi connectivity index (χ2v) is 5.50. The highest BCUT2D eigenvalue weighted by Gasteiger charge is 2.37. The van der Waals surface area contributed by atoms with Gasteiger partial charge < -0.3 is 15.4 Å². The van der Waals surface area contributed by atoms with E-state index in [9.17, 15) is 0 Å². The predicted octanol–water partition coefficient (Wildman–Crippen LogP) is 2.29. The van der Waals surface area contributed by atoms with Gasteiger partial charge in [-0.3, -0.25) is 0 Å². The number of hydrogen-bond donors (Lipinski definition) is 2. The number of fused-ring (bicyclic) bond motifs is 1. The molecule has 1 aromatic carbocycles. The lowest BCUT2D eigenvalue weighted by molar-refractivity contribution is 0.184. The molecule has 4 heteroatoms. The maximum absolute atomic E-state index is 5.47. The van der Waals surface area contributed by atoms with Crippen molar-refractivity contribution in [1.29, 1.82) is 0 Å². The van der Waals surface area contributed by atoms with Gasteiger partial charge in [0.05, 0.1) is 23.5 Å². The number of nitrogens with one attached hydrogen (secondary N) is 2. The Balaban J connectivity index is 1.93. The van der Waals surface area contributed by atoms with Crippen molar-refractivity contribution in [2.24, 2.45) is 0 Å². The van der Waals surface area contributed by atoms with Crippen molar-refractivity contribution in [2.75, 3.05) is 30.4 Å². The molecule has 3 rings (SSSR count). The molecule has 0 saturated carbocycles. The molecular weight excluding hydrogens is 303 g/mol. The van der Waals surface area contributed by atoms with Gasteiger partial charge in [0.15, 0.2) is 0 Å². The van der Waals surface area contributed by atoms with Crippen LogP contribution in [0.25, 0.3) is 0 Å². The van der Waals surface area contributed by atoms with Gasteiger partial charge >= 0.3 is 0 Å². The van der Waals surface area contributed by atoms with Gasteiger partial charge in [0.25, 0.3) is 0 Å².